The molecule has 1 aromatic heterocycles. The van der Waals surface area contributed by atoms with Crippen molar-refractivity contribution in [3.05, 3.63) is 35.3 Å². The fourth-order valence-corrected chi connectivity index (χ4v) is 3.69. The standard InChI is InChI=1S/C17H22N4O2S/c22-11-12-6-8-14(9-7-12)19-17(23)18-10-15-20-21-16(24-15)13-4-2-1-3-5-13/h1-5,12,14,22H,6-11H2,(H2,18,19,23). The van der Waals surface area contributed by atoms with Gasteiger partial charge in [-0.2, -0.15) is 0 Å². The summed E-state index contributed by atoms with van der Waals surface area (Å²) in [6, 6.07) is 9.91. The molecule has 0 radical (unpaired) electrons. The zero-order valence-electron chi connectivity index (χ0n) is 13.4. The molecule has 24 heavy (non-hydrogen) atoms. The number of carbonyl (C=O) groups excluding carboxylic acids is 1. The normalized spacial score (nSPS) is 20.5. The SMILES string of the molecule is O=C(NCc1nnc(-c2ccccc2)s1)NC1CCC(CO)CC1. The molecule has 0 spiro atoms. The Bertz CT molecular complexity index is 654. The van der Waals surface area contributed by atoms with Crippen LogP contribution in [0.4, 0.5) is 4.79 Å². The zero-order valence-corrected chi connectivity index (χ0v) is 14.3. The highest BCUT2D eigenvalue weighted by Crippen LogP contribution is 2.24. The summed E-state index contributed by atoms with van der Waals surface area (Å²) in [6.07, 6.45) is 3.79. The monoisotopic (exact) mass is 346 g/mol. The fourth-order valence-electron chi connectivity index (χ4n) is 2.90. The number of hydrogen-bond donors (Lipinski definition) is 3. The minimum atomic E-state index is -0.168. The Kier molecular flexibility index (Phi) is 5.77. The molecule has 3 rings (SSSR count). The molecule has 1 fully saturated rings. The van der Waals surface area contributed by atoms with E-state index in [0.29, 0.717) is 12.5 Å². The van der Waals surface area contributed by atoms with Gasteiger partial charge in [-0.1, -0.05) is 41.7 Å². The van der Waals surface area contributed by atoms with E-state index in [9.17, 15) is 4.79 Å². The van der Waals surface area contributed by atoms with Gasteiger partial charge in [0.25, 0.3) is 0 Å². The molecule has 0 atom stereocenters. The molecular weight excluding hydrogens is 324 g/mol. The predicted molar refractivity (Wildman–Crippen MR) is 93.5 cm³/mol. The first-order chi connectivity index (χ1) is 11.7. The third-order valence-corrected chi connectivity index (χ3v) is 5.30. The van der Waals surface area contributed by atoms with Gasteiger partial charge in [-0.05, 0) is 31.6 Å². The molecule has 3 N–H and O–H groups in total. The van der Waals surface area contributed by atoms with Gasteiger partial charge in [-0.3, -0.25) is 0 Å². The van der Waals surface area contributed by atoms with Crippen molar-refractivity contribution < 1.29 is 9.90 Å². The van der Waals surface area contributed by atoms with Crippen LogP contribution in [0.15, 0.2) is 30.3 Å². The Hall–Kier alpha value is -1.99. The first kappa shape index (κ1) is 16.9. The largest absolute Gasteiger partial charge is 0.396 e. The van der Waals surface area contributed by atoms with Gasteiger partial charge in [0, 0.05) is 18.2 Å². The number of aromatic nitrogens is 2. The van der Waals surface area contributed by atoms with Crippen LogP contribution in [0.25, 0.3) is 10.6 Å². The van der Waals surface area contributed by atoms with Crippen molar-refractivity contribution in [2.45, 2.75) is 38.3 Å². The lowest BCUT2D eigenvalue weighted by molar-refractivity contribution is 0.174. The topological polar surface area (TPSA) is 87.1 Å². The van der Waals surface area contributed by atoms with Crippen LogP contribution < -0.4 is 10.6 Å². The quantitative estimate of drug-likeness (QED) is 0.776. The van der Waals surface area contributed by atoms with E-state index in [2.05, 4.69) is 20.8 Å². The second-order valence-electron chi connectivity index (χ2n) is 6.09. The highest BCUT2D eigenvalue weighted by Gasteiger charge is 2.21. The van der Waals surface area contributed by atoms with Crippen LogP contribution in [0, 0.1) is 5.92 Å². The minimum absolute atomic E-state index is 0.168. The maximum absolute atomic E-state index is 12.0. The average molecular weight is 346 g/mol. The number of urea groups is 1. The molecule has 0 unspecified atom stereocenters. The Labute approximate surface area is 145 Å². The first-order valence-corrected chi connectivity index (χ1v) is 9.09. The number of benzene rings is 1. The van der Waals surface area contributed by atoms with Gasteiger partial charge >= 0.3 is 6.03 Å². The van der Waals surface area contributed by atoms with Crippen LogP contribution >= 0.6 is 11.3 Å². The molecular formula is C17H22N4O2S. The van der Waals surface area contributed by atoms with Gasteiger partial charge in [-0.15, -0.1) is 10.2 Å². The lowest BCUT2D eigenvalue weighted by Crippen LogP contribution is -2.43. The summed E-state index contributed by atoms with van der Waals surface area (Å²) >= 11 is 1.48. The third kappa shape index (κ3) is 4.52. The van der Waals surface area contributed by atoms with Crippen molar-refractivity contribution in [1.29, 1.82) is 0 Å². The molecule has 2 amide bonds. The molecule has 0 saturated heterocycles. The molecule has 1 saturated carbocycles. The average Bonchev–Trinajstić information content (AvgIpc) is 3.10. The van der Waals surface area contributed by atoms with E-state index >= 15 is 0 Å². The van der Waals surface area contributed by atoms with E-state index in [4.69, 9.17) is 5.11 Å². The van der Waals surface area contributed by atoms with Crippen molar-refractivity contribution in [2.24, 2.45) is 5.92 Å². The number of nitrogens with zero attached hydrogens (tertiary/aromatic N) is 2. The Morgan fingerprint density at radius 1 is 1.17 bits per heavy atom. The molecule has 1 aliphatic rings. The van der Waals surface area contributed by atoms with Gasteiger partial charge in [0.1, 0.15) is 10.0 Å². The lowest BCUT2D eigenvalue weighted by Gasteiger charge is -2.27. The summed E-state index contributed by atoms with van der Waals surface area (Å²) < 4.78 is 0. The summed E-state index contributed by atoms with van der Waals surface area (Å²) in [4.78, 5) is 12.0. The predicted octanol–water partition coefficient (Wildman–Crippen LogP) is 2.56. The van der Waals surface area contributed by atoms with Crippen molar-refractivity contribution in [3.8, 4) is 10.6 Å². The number of hydrogen-bond acceptors (Lipinski definition) is 5. The Morgan fingerprint density at radius 3 is 2.62 bits per heavy atom. The van der Waals surface area contributed by atoms with Crippen LogP contribution in [-0.4, -0.2) is 34.0 Å². The molecule has 0 aliphatic heterocycles. The van der Waals surface area contributed by atoms with Crippen LogP contribution in [0.1, 0.15) is 30.7 Å². The second kappa shape index (κ2) is 8.21. The first-order valence-electron chi connectivity index (χ1n) is 8.27. The maximum Gasteiger partial charge on any atom is 0.315 e. The van der Waals surface area contributed by atoms with E-state index in [1.54, 1.807) is 0 Å². The van der Waals surface area contributed by atoms with Crippen molar-refractivity contribution >= 4 is 17.4 Å². The van der Waals surface area contributed by atoms with E-state index in [1.165, 1.54) is 11.3 Å². The molecule has 6 nitrogen and oxygen atoms in total. The molecule has 1 aromatic carbocycles. The molecule has 1 aliphatic carbocycles. The summed E-state index contributed by atoms with van der Waals surface area (Å²) in [5.41, 5.74) is 1.03. The Morgan fingerprint density at radius 2 is 1.92 bits per heavy atom. The number of rotatable bonds is 5. The molecule has 0 bridgehead atoms. The number of aliphatic hydroxyl groups is 1. The van der Waals surface area contributed by atoms with Crippen molar-refractivity contribution in [3.63, 3.8) is 0 Å². The second-order valence-corrected chi connectivity index (χ2v) is 7.16. The van der Waals surface area contributed by atoms with E-state index in [-0.39, 0.29) is 18.7 Å². The highest BCUT2D eigenvalue weighted by molar-refractivity contribution is 7.14. The molecule has 2 aromatic rings. The van der Waals surface area contributed by atoms with Crippen molar-refractivity contribution in [1.82, 2.24) is 20.8 Å². The van der Waals surface area contributed by atoms with Crippen LogP contribution in [0.3, 0.4) is 0 Å². The van der Waals surface area contributed by atoms with E-state index in [1.807, 2.05) is 30.3 Å². The summed E-state index contributed by atoms with van der Waals surface area (Å²) in [6.45, 7) is 0.627. The van der Waals surface area contributed by atoms with Gasteiger partial charge in [-0.25, -0.2) is 4.79 Å². The van der Waals surface area contributed by atoms with E-state index < -0.39 is 0 Å². The molecule has 7 heteroatoms. The summed E-state index contributed by atoms with van der Waals surface area (Å²) in [7, 11) is 0. The fraction of sp³-hybridized carbons (Fsp3) is 0.471. The van der Waals surface area contributed by atoms with Gasteiger partial charge in [0.05, 0.1) is 6.54 Å². The van der Waals surface area contributed by atoms with E-state index in [0.717, 1.165) is 41.3 Å². The zero-order chi connectivity index (χ0) is 16.8. The number of amides is 2. The summed E-state index contributed by atoms with van der Waals surface area (Å²) in [5.74, 6) is 0.393. The smallest absolute Gasteiger partial charge is 0.315 e. The Balaban J connectivity index is 1.44. The van der Waals surface area contributed by atoms with Crippen molar-refractivity contribution in [2.75, 3.05) is 6.61 Å². The number of nitrogens with one attached hydrogen (secondary N) is 2. The van der Waals surface area contributed by atoms with Crippen LogP contribution in [0.5, 0.6) is 0 Å². The van der Waals surface area contributed by atoms with Gasteiger partial charge in [0.15, 0.2) is 0 Å². The van der Waals surface area contributed by atoms with Gasteiger partial charge in [0.2, 0.25) is 0 Å². The molecule has 1 heterocycles. The highest BCUT2D eigenvalue weighted by atomic mass is 32.1. The minimum Gasteiger partial charge on any atom is -0.396 e. The maximum atomic E-state index is 12.0. The summed E-state index contributed by atoms with van der Waals surface area (Å²) in [5, 5.41) is 24.9. The van der Waals surface area contributed by atoms with Crippen LogP contribution in [-0.2, 0) is 6.54 Å². The third-order valence-electron chi connectivity index (χ3n) is 4.33. The van der Waals surface area contributed by atoms with Crippen LogP contribution in [0.2, 0.25) is 0 Å². The number of carbonyl (C=O) groups is 1. The number of aliphatic hydroxyl groups excluding tert-OH is 1. The lowest BCUT2D eigenvalue weighted by atomic mass is 9.87. The molecule has 128 valence electrons. The van der Waals surface area contributed by atoms with Gasteiger partial charge < -0.3 is 15.7 Å².